The van der Waals surface area contributed by atoms with Gasteiger partial charge in [-0.3, -0.25) is 19.2 Å². The molecule has 2 heterocycles. The number of amides is 4. The number of carbonyl (C=O) groups is 4. The standard InChI is InChI=1S/C27H40N4O6S/c1-17(2)13-21-27(36)31-22(26(35)30-21)15-20(24(31)18-7-6-8-19(14-18)37-12-11-32)25(34)29-10-5-3-4-9-28-23(33)16-38/h6-8,14,17,20-22,24,32,38H,3-5,9-13,15-16H2,1-2H3,(H,28,33)(H,29,34)(H,30,35)/t20-,21-,22-,24-/m0/s1. The molecule has 0 radical (unpaired) electrons. The number of unbranched alkanes of at least 4 members (excludes halogenated alkanes) is 2. The molecule has 210 valence electrons. The van der Waals surface area contributed by atoms with Crippen molar-refractivity contribution in [3.05, 3.63) is 29.8 Å². The number of aliphatic hydroxyl groups is 1. The fraction of sp³-hybridized carbons (Fsp3) is 0.630. The van der Waals surface area contributed by atoms with E-state index in [9.17, 15) is 19.2 Å². The van der Waals surface area contributed by atoms with Gasteiger partial charge in [-0.05, 0) is 55.7 Å². The Labute approximate surface area is 229 Å². The molecule has 0 unspecified atom stereocenters. The highest BCUT2D eigenvalue weighted by Crippen LogP contribution is 2.44. The van der Waals surface area contributed by atoms with Gasteiger partial charge in [-0.2, -0.15) is 12.6 Å². The lowest BCUT2D eigenvalue weighted by atomic mass is 9.92. The molecule has 1 aromatic carbocycles. The van der Waals surface area contributed by atoms with Crippen LogP contribution >= 0.6 is 12.6 Å². The molecule has 11 heteroatoms. The second-order valence-corrected chi connectivity index (χ2v) is 10.6. The van der Waals surface area contributed by atoms with Crippen molar-refractivity contribution in [3.63, 3.8) is 0 Å². The topological polar surface area (TPSA) is 137 Å². The van der Waals surface area contributed by atoms with Crippen molar-refractivity contribution in [2.45, 2.75) is 64.1 Å². The van der Waals surface area contributed by atoms with Crippen LogP contribution in [0.25, 0.3) is 0 Å². The molecule has 2 aliphatic heterocycles. The van der Waals surface area contributed by atoms with Gasteiger partial charge in [0.1, 0.15) is 24.4 Å². The zero-order chi connectivity index (χ0) is 27.7. The van der Waals surface area contributed by atoms with Crippen LogP contribution < -0.4 is 20.7 Å². The van der Waals surface area contributed by atoms with E-state index in [1.807, 2.05) is 19.9 Å². The second-order valence-electron chi connectivity index (χ2n) is 10.2. The predicted molar refractivity (Wildman–Crippen MR) is 146 cm³/mol. The Morgan fingerprint density at radius 1 is 1.18 bits per heavy atom. The van der Waals surface area contributed by atoms with E-state index >= 15 is 0 Å². The van der Waals surface area contributed by atoms with Crippen molar-refractivity contribution in [3.8, 4) is 5.75 Å². The lowest BCUT2D eigenvalue weighted by Crippen LogP contribution is -2.61. The van der Waals surface area contributed by atoms with Gasteiger partial charge in [0.2, 0.25) is 23.6 Å². The van der Waals surface area contributed by atoms with Crippen molar-refractivity contribution in [2.24, 2.45) is 11.8 Å². The highest BCUT2D eigenvalue weighted by atomic mass is 32.1. The van der Waals surface area contributed by atoms with Gasteiger partial charge in [0.05, 0.1) is 24.3 Å². The molecule has 4 atom stereocenters. The van der Waals surface area contributed by atoms with E-state index in [-0.39, 0.29) is 54.9 Å². The molecule has 0 saturated carbocycles. The Hall–Kier alpha value is -2.79. The minimum atomic E-state index is -0.718. The lowest BCUT2D eigenvalue weighted by molar-refractivity contribution is -0.150. The summed E-state index contributed by atoms with van der Waals surface area (Å²) in [5.74, 6) is -0.415. The van der Waals surface area contributed by atoms with Crippen LogP contribution in [0.5, 0.6) is 5.75 Å². The van der Waals surface area contributed by atoms with E-state index in [1.54, 1.807) is 23.1 Å². The first-order valence-corrected chi connectivity index (χ1v) is 14.0. The zero-order valence-electron chi connectivity index (χ0n) is 22.2. The third-order valence-corrected chi connectivity index (χ3v) is 7.17. The summed E-state index contributed by atoms with van der Waals surface area (Å²) >= 11 is 3.93. The van der Waals surface area contributed by atoms with Gasteiger partial charge < -0.3 is 30.7 Å². The van der Waals surface area contributed by atoms with E-state index in [2.05, 4.69) is 28.6 Å². The first-order chi connectivity index (χ1) is 18.3. The second kappa shape index (κ2) is 14.4. The van der Waals surface area contributed by atoms with Gasteiger partial charge in [-0.25, -0.2) is 0 Å². The molecule has 4 amide bonds. The first kappa shape index (κ1) is 29.8. The largest absolute Gasteiger partial charge is 0.491 e. The Balaban J connectivity index is 1.74. The van der Waals surface area contributed by atoms with Crippen LogP contribution in [-0.4, -0.2) is 77.8 Å². The van der Waals surface area contributed by atoms with Crippen molar-refractivity contribution < 1.29 is 29.0 Å². The van der Waals surface area contributed by atoms with Crippen LogP contribution in [0.4, 0.5) is 0 Å². The average molecular weight is 549 g/mol. The van der Waals surface area contributed by atoms with Gasteiger partial charge in [-0.15, -0.1) is 0 Å². The molecular formula is C27H40N4O6S. The van der Waals surface area contributed by atoms with Crippen LogP contribution in [-0.2, 0) is 19.2 Å². The lowest BCUT2D eigenvalue weighted by Gasteiger charge is -2.39. The Morgan fingerprint density at radius 3 is 2.61 bits per heavy atom. The summed E-state index contributed by atoms with van der Waals surface area (Å²) in [7, 11) is 0. The van der Waals surface area contributed by atoms with Crippen LogP contribution in [0.2, 0.25) is 0 Å². The predicted octanol–water partition coefficient (Wildman–Crippen LogP) is 1.19. The van der Waals surface area contributed by atoms with Gasteiger partial charge in [0.25, 0.3) is 0 Å². The SMILES string of the molecule is CC(C)C[C@@H]1NC(=O)[C@@H]2C[C@H](C(=O)NCCCCCNC(=O)CS)[C@H](c3cccc(OCCO)c3)N2C1=O. The summed E-state index contributed by atoms with van der Waals surface area (Å²) in [4.78, 5) is 53.0. The Bertz CT molecular complexity index is 990. The average Bonchev–Trinajstić information content (AvgIpc) is 3.31. The van der Waals surface area contributed by atoms with Gasteiger partial charge >= 0.3 is 0 Å². The molecule has 0 bridgehead atoms. The van der Waals surface area contributed by atoms with Crippen molar-refractivity contribution >= 4 is 36.3 Å². The van der Waals surface area contributed by atoms with Crippen molar-refractivity contribution in [1.29, 1.82) is 0 Å². The third kappa shape index (κ3) is 7.63. The fourth-order valence-corrected chi connectivity index (χ4v) is 5.30. The highest BCUT2D eigenvalue weighted by Gasteiger charge is 2.54. The number of rotatable bonds is 14. The van der Waals surface area contributed by atoms with Gasteiger partial charge in [0, 0.05) is 13.1 Å². The number of nitrogens with zero attached hydrogens (tertiary/aromatic N) is 1. The molecule has 10 nitrogen and oxygen atoms in total. The number of nitrogens with one attached hydrogen (secondary N) is 3. The van der Waals surface area contributed by atoms with Crippen LogP contribution in [0, 0.1) is 11.8 Å². The van der Waals surface area contributed by atoms with E-state index in [0.717, 1.165) is 24.8 Å². The Morgan fingerprint density at radius 2 is 1.92 bits per heavy atom. The summed E-state index contributed by atoms with van der Waals surface area (Å²) in [5, 5.41) is 17.8. The van der Waals surface area contributed by atoms with Crippen LogP contribution in [0.1, 0.15) is 57.6 Å². The number of carbonyl (C=O) groups excluding carboxylic acids is 4. The first-order valence-electron chi connectivity index (χ1n) is 13.4. The van der Waals surface area contributed by atoms with Crippen molar-refractivity contribution in [2.75, 3.05) is 32.1 Å². The molecule has 0 aliphatic carbocycles. The van der Waals surface area contributed by atoms with E-state index < -0.39 is 24.0 Å². The number of hydrogen-bond donors (Lipinski definition) is 5. The molecule has 2 aliphatic rings. The number of thiol groups is 1. The Kier molecular flexibility index (Phi) is 11.3. The minimum Gasteiger partial charge on any atom is -0.491 e. The molecule has 0 aromatic heterocycles. The number of aliphatic hydroxyl groups excluding tert-OH is 1. The number of hydrogen-bond acceptors (Lipinski definition) is 7. The summed E-state index contributed by atoms with van der Waals surface area (Å²) in [6, 6.07) is 5.21. The molecule has 0 spiro atoms. The summed E-state index contributed by atoms with van der Waals surface area (Å²) in [6.45, 7) is 5.02. The van der Waals surface area contributed by atoms with Gasteiger partial charge in [-0.1, -0.05) is 26.0 Å². The summed E-state index contributed by atoms with van der Waals surface area (Å²) in [6.07, 6.45) is 3.13. The quantitative estimate of drug-likeness (QED) is 0.175. The molecule has 4 N–H and O–H groups in total. The molecule has 38 heavy (non-hydrogen) atoms. The third-order valence-electron chi connectivity index (χ3n) is 6.89. The fourth-order valence-electron chi connectivity index (χ4n) is 5.18. The maximum Gasteiger partial charge on any atom is 0.246 e. The zero-order valence-corrected chi connectivity index (χ0v) is 23.0. The molecule has 2 fully saturated rings. The van der Waals surface area contributed by atoms with E-state index in [4.69, 9.17) is 9.84 Å². The normalized spacial score (nSPS) is 22.7. The number of fused-ring (bicyclic) bond motifs is 1. The molecule has 2 saturated heterocycles. The number of piperazine rings is 1. The van der Waals surface area contributed by atoms with E-state index in [0.29, 0.717) is 25.3 Å². The van der Waals surface area contributed by atoms with Crippen molar-refractivity contribution in [1.82, 2.24) is 20.9 Å². The van der Waals surface area contributed by atoms with Gasteiger partial charge in [0.15, 0.2) is 0 Å². The highest BCUT2D eigenvalue weighted by molar-refractivity contribution is 7.81. The number of benzene rings is 1. The smallest absolute Gasteiger partial charge is 0.246 e. The monoisotopic (exact) mass is 548 g/mol. The molecule has 3 rings (SSSR count). The summed E-state index contributed by atoms with van der Waals surface area (Å²) < 4.78 is 5.58. The number of ether oxygens (including phenoxy) is 1. The minimum absolute atomic E-state index is 0.106. The summed E-state index contributed by atoms with van der Waals surface area (Å²) in [5.41, 5.74) is 0.717. The van der Waals surface area contributed by atoms with E-state index in [1.165, 1.54) is 0 Å². The maximum absolute atomic E-state index is 13.6. The van der Waals surface area contributed by atoms with Crippen LogP contribution in [0.15, 0.2) is 24.3 Å². The van der Waals surface area contributed by atoms with Crippen LogP contribution in [0.3, 0.4) is 0 Å². The molecular weight excluding hydrogens is 508 g/mol. The maximum atomic E-state index is 13.6. The molecule has 1 aromatic rings.